The van der Waals surface area contributed by atoms with Crippen molar-refractivity contribution in [3.05, 3.63) is 234 Å². The van der Waals surface area contributed by atoms with Crippen LogP contribution in [0.4, 0.5) is 17.1 Å². The van der Waals surface area contributed by atoms with E-state index in [4.69, 9.17) is 14.7 Å². The van der Waals surface area contributed by atoms with Crippen molar-refractivity contribution in [1.82, 2.24) is 19.1 Å². The van der Waals surface area contributed by atoms with Crippen LogP contribution in [-0.2, 0) is 5.41 Å². The molecule has 1 spiro atoms. The Labute approximate surface area is 405 Å². The molecule has 0 amide bonds. The number of para-hydroxylation sites is 4. The molecule has 0 N–H and O–H groups in total. The Hall–Kier alpha value is -9.41. The standard InChI is InChI=1S/C61H33N7OS/c62-33-36-22-26-49-42(29-36)40-11-1-3-14-47(40)67(49)39-31-46-60(65-35-39)59-45(13-10-28-64-59)61(46)44-25-24-38(66-51-16-5-7-20-56(51)70-57-21-8-6-17-52(57)66)32-55(44)69-54-19-9-18-53(58(54)61)68-48-15-4-2-12-41(48)43-30-37(34-63)23-27-50(43)68/h1-32,35H. The van der Waals surface area contributed by atoms with Crippen LogP contribution in [0.3, 0.4) is 0 Å². The predicted octanol–water partition coefficient (Wildman–Crippen LogP) is 14.8. The molecule has 0 bridgehead atoms. The Morgan fingerprint density at radius 3 is 1.79 bits per heavy atom. The lowest BCUT2D eigenvalue weighted by molar-refractivity contribution is 0.436. The molecule has 70 heavy (non-hydrogen) atoms. The quantitative estimate of drug-likeness (QED) is 0.174. The first-order chi connectivity index (χ1) is 34.6. The van der Waals surface area contributed by atoms with Gasteiger partial charge in [-0.3, -0.25) is 9.97 Å². The van der Waals surface area contributed by atoms with E-state index in [1.165, 1.54) is 9.79 Å². The summed E-state index contributed by atoms with van der Waals surface area (Å²) in [5.74, 6) is 1.44. The van der Waals surface area contributed by atoms with Gasteiger partial charge in [-0.05, 0) is 109 Å². The SMILES string of the molecule is N#Cc1ccc2c(c1)c1ccccc1n2-c1cnc2c(c1)C1(c3ccc(N4c5ccccc5Sc5ccccc54)cc3Oc3cccc(-n4c5ccccc5c5cc(C#N)ccc54)c31)c1cccnc1-2. The molecule has 1 aliphatic carbocycles. The van der Waals surface area contributed by atoms with Gasteiger partial charge in [-0.25, -0.2) is 0 Å². The first-order valence-electron chi connectivity index (χ1n) is 23.1. The van der Waals surface area contributed by atoms with Crippen LogP contribution >= 0.6 is 11.8 Å². The first kappa shape index (κ1) is 38.7. The second-order valence-corrected chi connectivity index (χ2v) is 19.0. The van der Waals surface area contributed by atoms with Crippen LogP contribution < -0.4 is 9.64 Å². The maximum absolute atomic E-state index is 10.1. The highest BCUT2D eigenvalue weighted by Crippen LogP contribution is 2.64. The van der Waals surface area contributed by atoms with E-state index in [0.29, 0.717) is 16.9 Å². The van der Waals surface area contributed by atoms with E-state index in [2.05, 4.69) is 172 Å². The topological polar surface area (TPSA) is 95.7 Å². The number of rotatable bonds is 3. The third-order valence-electron chi connectivity index (χ3n) is 14.5. The fraction of sp³-hybridized carbons (Fsp3) is 0.0164. The number of benzene rings is 8. The molecule has 0 saturated carbocycles. The van der Waals surface area contributed by atoms with Crippen molar-refractivity contribution in [2.24, 2.45) is 0 Å². The van der Waals surface area contributed by atoms with Gasteiger partial charge in [-0.2, -0.15) is 10.5 Å². The molecule has 0 saturated heterocycles. The number of anilines is 3. The van der Waals surface area contributed by atoms with Crippen molar-refractivity contribution in [2.75, 3.05) is 4.90 Å². The summed E-state index contributed by atoms with van der Waals surface area (Å²) in [6.45, 7) is 0. The fourth-order valence-corrected chi connectivity index (χ4v) is 12.8. The van der Waals surface area contributed by atoms with E-state index in [-0.39, 0.29) is 0 Å². The second-order valence-electron chi connectivity index (χ2n) is 17.9. The van der Waals surface area contributed by atoms with Gasteiger partial charge in [-0.15, -0.1) is 0 Å². The minimum atomic E-state index is -1.01. The first-order valence-corrected chi connectivity index (χ1v) is 23.9. The molecular formula is C61H33N7OS. The lowest BCUT2D eigenvalue weighted by Crippen LogP contribution is -2.34. The van der Waals surface area contributed by atoms with Crippen molar-refractivity contribution in [3.63, 3.8) is 0 Å². The average Bonchev–Trinajstić information content (AvgIpc) is 4.04. The maximum atomic E-state index is 10.1. The Kier molecular flexibility index (Phi) is 7.90. The molecule has 8 nitrogen and oxygen atoms in total. The van der Waals surface area contributed by atoms with Crippen LogP contribution in [0.25, 0.3) is 66.4 Å². The Morgan fingerprint density at radius 1 is 0.457 bits per heavy atom. The van der Waals surface area contributed by atoms with Crippen LogP contribution in [0.15, 0.2) is 210 Å². The van der Waals surface area contributed by atoms with Crippen LogP contribution in [0.5, 0.6) is 11.5 Å². The minimum Gasteiger partial charge on any atom is -0.457 e. The van der Waals surface area contributed by atoms with Gasteiger partial charge >= 0.3 is 0 Å². The van der Waals surface area contributed by atoms with Crippen LogP contribution in [0.2, 0.25) is 0 Å². The van der Waals surface area contributed by atoms with Gasteiger partial charge in [0.05, 0.1) is 91.1 Å². The van der Waals surface area contributed by atoms with Gasteiger partial charge in [-0.1, -0.05) is 90.6 Å². The summed E-state index contributed by atoms with van der Waals surface area (Å²) in [4.78, 5) is 15.3. The number of nitrogens with zero attached hydrogens (tertiary/aromatic N) is 7. The number of nitriles is 2. The Balaban J connectivity index is 1.06. The summed E-state index contributed by atoms with van der Waals surface area (Å²) < 4.78 is 12.0. The van der Waals surface area contributed by atoms with E-state index in [1.807, 2.05) is 54.9 Å². The highest BCUT2D eigenvalue weighted by molar-refractivity contribution is 7.99. The number of hydrogen-bond acceptors (Lipinski definition) is 7. The van der Waals surface area contributed by atoms with E-state index < -0.39 is 5.41 Å². The summed E-state index contributed by atoms with van der Waals surface area (Å²) >= 11 is 1.79. The molecule has 9 heteroatoms. The van der Waals surface area contributed by atoms with Gasteiger partial charge in [0.15, 0.2) is 0 Å². The molecule has 324 valence electrons. The summed E-state index contributed by atoms with van der Waals surface area (Å²) in [6.07, 6.45) is 3.82. The zero-order valence-electron chi connectivity index (χ0n) is 37.0. The minimum absolute atomic E-state index is 0.602. The monoisotopic (exact) mass is 911 g/mol. The van der Waals surface area contributed by atoms with Gasteiger partial charge in [0.1, 0.15) is 11.5 Å². The van der Waals surface area contributed by atoms with Crippen LogP contribution in [0.1, 0.15) is 33.4 Å². The number of ether oxygens (including phenoxy) is 1. The number of fused-ring (bicyclic) bond motifs is 17. The van der Waals surface area contributed by atoms with Gasteiger partial charge in [0.25, 0.3) is 0 Å². The third kappa shape index (κ3) is 5.08. The van der Waals surface area contributed by atoms with Crippen molar-refractivity contribution >= 4 is 72.4 Å². The summed E-state index contributed by atoms with van der Waals surface area (Å²) in [5, 5.41) is 24.2. The number of pyridine rings is 2. The van der Waals surface area contributed by atoms with Gasteiger partial charge < -0.3 is 18.8 Å². The van der Waals surface area contributed by atoms with Crippen molar-refractivity contribution < 1.29 is 4.74 Å². The highest BCUT2D eigenvalue weighted by Gasteiger charge is 2.54. The summed E-state index contributed by atoms with van der Waals surface area (Å²) in [7, 11) is 0. The molecule has 4 aromatic heterocycles. The Morgan fingerprint density at radius 2 is 1.07 bits per heavy atom. The molecular weight excluding hydrogens is 879 g/mol. The molecule has 0 radical (unpaired) electrons. The molecule has 12 aromatic rings. The smallest absolute Gasteiger partial charge is 0.134 e. The zero-order valence-corrected chi connectivity index (χ0v) is 37.8. The second kappa shape index (κ2) is 14.3. The van der Waals surface area contributed by atoms with Crippen molar-refractivity contribution in [1.29, 1.82) is 10.5 Å². The molecule has 8 aromatic carbocycles. The molecule has 1 unspecified atom stereocenters. The molecule has 2 aliphatic heterocycles. The maximum Gasteiger partial charge on any atom is 0.134 e. The molecule has 0 fully saturated rings. The predicted molar refractivity (Wildman–Crippen MR) is 276 cm³/mol. The Bertz CT molecular complexity index is 4340. The lowest BCUT2D eigenvalue weighted by Gasteiger charge is -2.41. The zero-order chi connectivity index (χ0) is 46.2. The number of aromatic nitrogens is 4. The molecule has 15 rings (SSSR count). The van der Waals surface area contributed by atoms with Crippen molar-refractivity contribution in [3.8, 4) is 46.4 Å². The fourth-order valence-electron chi connectivity index (χ4n) is 11.7. The van der Waals surface area contributed by atoms with E-state index in [0.717, 1.165) is 111 Å². The normalized spacial score (nSPS) is 14.9. The molecule has 6 heterocycles. The summed E-state index contributed by atoms with van der Waals surface area (Å²) in [5.41, 5.74) is 14.7. The van der Waals surface area contributed by atoms with Gasteiger partial charge in [0.2, 0.25) is 0 Å². The van der Waals surface area contributed by atoms with E-state index >= 15 is 0 Å². The average molecular weight is 912 g/mol. The largest absolute Gasteiger partial charge is 0.457 e. The van der Waals surface area contributed by atoms with Gasteiger partial charge in [0, 0.05) is 66.0 Å². The third-order valence-corrected chi connectivity index (χ3v) is 15.6. The number of hydrogen-bond donors (Lipinski definition) is 0. The van der Waals surface area contributed by atoms with E-state index in [9.17, 15) is 10.5 Å². The van der Waals surface area contributed by atoms with E-state index in [1.54, 1.807) is 11.8 Å². The van der Waals surface area contributed by atoms with Crippen molar-refractivity contribution in [2.45, 2.75) is 15.2 Å². The van der Waals surface area contributed by atoms with Crippen LogP contribution in [-0.4, -0.2) is 19.1 Å². The lowest BCUT2D eigenvalue weighted by atomic mass is 9.65. The molecule has 3 aliphatic rings. The summed E-state index contributed by atoms with van der Waals surface area (Å²) in [6, 6.07) is 70.1. The molecule has 1 atom stereocenters. The van der Waals surface area contributed by atoms with Crippen LogP contribution in [0, 0.1) is 22.7 Å². The highest BCUT2D eigenvalue weighted by atomic mass is 32.2.